The number of carbonyl (C=O) groups excluding carboxylic acids is 1. The third-order valence-electron chi connectivity index (χ3n) is 3.30. The Bertz CT molecular complexity index is 321. The molecule has 1 fully saturated rings. The molecule has 0 amide bonds. The second kappa shape index (κ2) is 3.68. The molecule has 0 aromatic carbocycles. The minimum absolute atomic E-state index is 0.0157. The fraction of sp³-hybridized carbons (Fsp3) is 0.636. The number of carboxylic acids is 1. The van der Waals surface area contributed by atoms with Gasteiger partial charge in [-0.25, -0.2) is 0 Å². The number of aliphatic carboxylic acids is 1. The van der Waals surface area contributed by atoms with E-state index in [4.69, 9.17) is 9.84 Å². The van der Waals surface area contributed by atoms with Crippen LogP contribution in [-0.4, -0.2) is 23.7 Å². The van der Waals surface area contributed by atoms with E-state index >= 15 is 0 Å². The van der Waals surface area contributed by atoms with E-state index in [1.807, 2.05) is 12.2 Å². The Morgan fingerprint density at radius 2 is 1.93 bits per heavy atom. The quantitative estimate of drug-likeness (QED) is 0.559. The predicted molar refractivity (Wildman–Crippen MR) is 52.0 cm³/mol. The van der Waals surface area contributed by atoms with Gasteiger partial charge in [-0.1, -0.05) is 12.2 Å². The molecule has 0 spiro atoms. The van der Waals surface area contributed by atoms with Crippen LogP contribution in [0.25, 0.3) is 0 Å². The van der Waals surface area contributed by atoms with Gasteiger partial charge >= 0.3 is 11.9 Å². The summed E-state index contributed by atoms with van der Waals surface area (Å²) in [4.78, 5) is 22.7. The van der Waals surface area contributed by atoms with E-state index in [9.17, 15) is 9.59 Å². The van der Waals surface area contributed by atoms with Crippen LogP contribution in [0.3, 0.4) is 0 Å². The fourth-order valence-electron chi connectivity index (χ4n) is 2.72. The number of hydrogen-bond acceptors (Lipinski definition) is 3. The van der Waals surface area contributed by atoms with Crippen molar-refractivity contribution in [3.05, 3.63) is 12.2 Å². The van der Waals surface area contributed by atoms with Crippen LogP contribution in [0.5, 0.6) is 0 Å². The van der Waals surface area contributed by atoms with Gasteiger partial charge in [-0.2, -0.15) is 0 Å². The molecule has 4 atom stereocenters. The van der Waals surface area contributed by atoms with Crippen molar-refractivity contribution in [1.82, 2.24) is 0 Å². The second-order valence-corrected chi connectivity index (χ2v) is 4.09. The molecule has 2 rings (SSSR count). The Balaban J connectivity index is 2.19. The topological polar surface area (TPSA) is 63.6 Å². The van der Waals surface area contributed by atoms with Crippen molar-refractivity contribution in [2.75, 3.05) is 6.61 Å². The summed E-state index contributed by atoms with van der Waals surface area (Å²) in [5.41, 5.74) is 0. The van der Waals surface area contributed by atoms with Gasteiger partial charge in [0, 0.05) is 0 Å². The van der Waals surface area contributed by atoms with Crippen molar-refractivity contribution in [1.29, 1.82) is 0 Å². The lowest BCUT2D eigenvalue weighted by molar-refractivity contribution is -0.158. The summed E-state index contributed by atoms with van der Waals surface area (Å²) in [7, 11) is 0. The second-order valence-electron chi connectivity index (χ2n) is 4.09. The van der Waals surface area contributed by atoms with E-state index in [2.05, 4.69) is 0 Å². The predicted octanol–water partition coefficient (Wildman–Crippen LogP) is 1.07. The number of rotatable bonds is 3. The first-order chi connectivity index (χ1) is 7.15. The molecule has 0 aliphatic heterocycles. The molecule has 0 aromatic heterocycles. The van der Waals surface area contributed by atoms with E-state index in [0.29, 0.717) is 6.61 Å². The SMILES string of the molecule is CCOC(=O)C1[C@@H]2C=C[C@@H](C2)[C@H]1C(=O)O. The number of carbonyl (C=O) groups is 2. The van der Waals surface area contributed by atoms with Crippen LogP contribution >= 0.6 is 0 Å². The molecule has 1 N–H and O–H groups in total. The Morgan fingerprint density at radius 3 is 2.47 bits per heavy atom. The maximum Gasteiger partial charge on any atom is 0.310 e. The molecule has 1 saturated carbocycles. The van der Waals surface area contributed by atoms with Crippen molar-refractivity contribution in [2.45, 2.75) is 13.3 Å². The maximum atomic E-state index is 11.6. The van der Waals surface area contributed by atoms with Crippen LogP contribution in [0.4, 0.5) is 0 Å². The van der Waals surface area contributed by atoms with Crippen molar-refractivity contribution >= 4 is 11.9 Å². The molecule has 82 valence electrons. The molecule has 0 radical (unpaired) electrons. The number of carboxylic acid groups (broad SMARTS) is 1. The highest BCUT2D eigenvalue weighted by atomic mass is 16.5. The first-order valence-electron chi connectivity index (χ1n) is 5.23. The minimum Gasteiger partial charge on any atom is -0.481 e. The van der Waals surface area contributed by atoms with Crippen LogP contribution in [0.1, 0.15) is 13.3 Å². The van der Waals surface area contributed by atoms with Crippen LogP contribution in [0, 0.1) is 23.7 Å². The highest BCUT2D eigenvalue weighted by Gasteiger charge is 2.52. The van der Waals surface area contributed by atoms with Gasteiger partial charge in [0.25, 0.3) is 0 Å². The van der Waals surface area contributed by atoms with Gasteiger partial charge in [0.2, 0.25) is 0 Å². The van der Waals surface area contributed by atoms with E-state index in [1.54, 1.807) is 6.92 Å². The molecule has 2 bridgehead atoms. The van der Waals surface area contributed by atoms with Gasteiger partial charge in [-0.3, -0.25) is 9.59 Å². The van der Waals surface area contributed by atoms with Gasteiger partial charge in [-0.05, 0) is 25.2 Å². The van der Waals surface area contributed by atoms with E-state index < -0.39 is 17.8 Å². The Labute approximate surface area is 87.9 Å². The molecule has 2 aliphatic rings. The van der Waals surface area contributed by atoms with Crippen molar-refractivity contribution in [3.63, 3.8) is 0 Å². The molecule has 0 saturated heterocycles. The van der Waals surface area contributed by atoms with Crippen molar-refractivity contribution in [2.24, 2.45) is 23.7 Å². The lowest BCUT2D eigenvalue weighted by Gasteiger charge is -2.22. The van der Waals surface area contributed by atoms with E-state index in [0.717, 1.165) is 6.42 Å². The van der Waals surface area contributed by atoms with Crippen LogP contribution in [-0.2, 0) is 14.3 Å². The lowest BCUT2D eigenvalue weighted by Crippen LogP contribution is -2.34. The average Bonchev–Trinajstić information content (AvgIpc) is 2.76. The monoisotopic (exact) mass is 210 g/mol. The first-order valence-corrected chi connectivity index (χ1v) is 5.23. The van der Waals surface area contributed by atoms with E-state index in [1.165, 1.54) is 0 Å². The molecule has 4 nitrogen and oxygen atoms in total. The van der Waals surface area contributed by atoms with Gasteiger partial charge in [0.05, 0.1) is 18.4 Å². The highest BCUT2D eigenvalue weighted by molar-refractivity contribution is 5.83. The third-order valence-corrected chi connectivity index (χ3v) is 3.30. The number of esters is 1. The average molecular weight is 210 g/mol. The molecule has 2 aliphatic carbocycles. The third kappa shape index (κ3) is 1.54. The largest absolute Gasteiger partial charge is 0.481 e. The number of ether oxygens (including phenoxy) is 1. The molecule has 4 heteroatoms. The fourth-order valence-corrected chi connectivity index (χ4v) is 2.72. The number of hydrogen-bond donors (Lipinski definition) is 1. The smallest absolute Gasteiger partial charge is 0.310 e. The van der Waals surface area contributed by atoms with Crippen LogP contribution in [0.2, 0.25) is 0 Å². The molecule has 15 heavy (non-hydrogen) atoms. The summed E-state index contributed by atoms with van der Waals surface area (Å²) >= 11 is 0. The number of allylic oxidation sites excluding steroid dienone is 2. The van der Waals surface area contributed by atoms with Crippen molar-refractivity contribution in [3.8, 4) is 0 Å². The zero-order valence-corrected chi connectivity index (χ0v) is 8.55. The molecule has 0 aromatic rings. The molecule has 1 unspecified atom stereocenters. The Kier molecular flexibility index (Phi) is 2.50. The van der Waals surface area contributed by atoms with Gasteiger partial charge in [0.15, 0.2) is 0 Å². The van der Waals surface area contributed by atoms with Gasteiger partial charge in [-0.15, -0.1) is 0 Å². The Morgan fingerprint density at radius 1 is 1.33 bits per heavy atom. The summed E-state index contributed by atoms with van der Waals surface area (Å²) < 4.78 is 4.92. The van der Waals surface area contributed by atoms with Gasteiger partial charge in [0.1, 0.15) is 0 Å². The summed E-state index contributed by atoms with van der Waals surface area (Å²) in [6.45, 7) is 2.04. The zero-order chi connectivity index (χ0) is 11.0. The normalized spacial score (nSPS) is 36.9. The Hall–Kier alpha value is -1.32. The van der Waals surface area contributed by atoms with Crippen molar-refractivity contribution < 1.29 is 19.4 Å². The summed E-state index contributed by atoms with van der Waals surface area (Å²) in [6, 6.07) is 0. The number of fused-ring (bicyclic) bond motifs is 2. The molecular formula is C11H14O4. The van der Waals surface area contributed by atoms with E-state index in [-0.39, 0.29) is 17.8 Å². The maximum absolute atomic E-state index is 11.6. The van der Waals surface area contributed by atoms with Crippen LogP contribution in [0.15, 0.2) is 12.2 Å². The zero-order valence-electron chi connectivity index (χ0n) is 8.55. The summed E-state index contributed by atoms with van der Waals surface area (Å²) in [5.74, 6) is -2.22. The van der Waals surface area contributed by atoms with Gasteiger partial charge < -0.3 is 9.84 Å². The highest BCUT2D eigenvalue weighted by Crippen LogP contribution is 2.48. The molecular weight excluding hydrogens is 196 g/mol. The molecule has 0 heterocycles. The minimum atomic E-state index is -0.884. The standard InChI is InChI=1S/C11H14O4/c1-2-15-11(14)9-7-4-3-6(5-7)8(9)10(12)13/h3-4,6-9H,2,5H2,1H3,(H,12,13)/t6-,7+,8+,9?/m0/s1. The first kappa shape index (κ1) is 10.2. The summed E-state index contributed by atoms with van der Waals surface area (Å²) in [6.07, 6.45) is 4.64. The van der Waals surface area contributed by atoms with Crippen LogP contribution < -0.4 is 0 Å². The lowest BCUT2D eigenvalue weighted by atomic mass is 9.83. The summed E-state index contributed by atoms with van der Waals surface area (Å²) in [5, 5.41) is 9.08.